The fourth-order valence-electron chi connectivity index (χ4n) is 2.60. The van der Waals surface area contributed by atoms with Crippen LogP contribution in [0.3, 0.4) is 0 Å². The van der Waals surface area contributed by atoms with E-state index in [9.17, 15) is 14.2 Å². The van der Waals surface area contributed by atoms with E-state index in [1.807, 2.05) is 0 Å². The predicted molar refractivity (Wildman–Crippen MR) is 120 cm³/mol. The SMILES string of the molecule is C=C(C)C(=O)Oc1cc(P(=O)(OCC)OCC)c(OC(=O)C(=C)C)c2ccc(Cl)cc12. The molecule has 0 spiro atoms. The quantitative estimate of drug-likeness (QED) is 0.213. The zero-order valence-corrected chi connectivity index (χ0v) is 19.5. The number of carbonyl (C=O) groups is 2. The van der Waals surface area contributed by atoms with Crippen LogP contribution in [0.2, 0.25) is 5.02 Å². The van der Waals surface area contributed by atoms with Gasteiger partial charge in [0, 0.05) is 33.0 Å². The van der Waals surface area contributed by atoms with Crippen molar-refractivity contribution in [1.29, 1.82) is 0 Å². The molecule has 2 aromatic carbocycles. The minimum absolute atomic E-state index is 0.0373. The van der Waals surface area contributed by atoms with E-state index in [2.05, 4.69) is 13.2 Å². The molecule has 0 unspecified atom stereocenters. The van der Waals surface area contributed by atoms with Gasteiger partial charge >= 0.3 is 19.5 Å². The monoisotopic (exact) mass is 466 g/mol. The first kappa shape index (κ1) is 24.8. The van der Waals surface area contributed by atoms with Crippen LogP contribution < -0.4 is 14.8 Å². The zero-order chi connectivity index (χ0) is 23.3. The van der Waals surface area contributed by atoms with Crippen LogP contribution in [0.4, 0.5) is 0 Å². The second-order valence-electron chi connectivity index (χ2n) is 6.59. The molecule has 0 aromatic heterocycles. The van der Waals surface area contributed by atoms with Gasteiger partial charge < -0.3 is 18.5 Å². The summed E-state index contributed by atoms with van der Waals surface area (Å²) in [5, 5.41) is 0.962. The van der Waals surface area contributed by atoms with Crippen LogP contribution in [0.1, 0.15) is 27.7 Å². The van der Waals surface area contributed by atoms with Crippen molar-refractivity contribution in [1.82, 2.24) is 0 Å². The Hall–Kier alpha value is -2.44. The van der Waals surface area contributed by atoms with E-state index in [4.69, 9.17) is 30.1 Å². The predicted octanol–water partition coefficient (Wildman–Crippen LogP) is 5.35. The Bertz CT molecular complexity index is 1100. The third-order valence-corrected chi connectivity index (χ3v) is 6.33. The molecule has 0 atom stereocenters. The Morgan fingerprint density at radius 1 is 0.935 bits per heavy atom. The van der Waals surface area contributed by atoms with Gasteiger partial charge in [-0.05, 0) is 45.9 Å². The average molecular weight is 467 g/mol. The smallest absolute Gasteiger partial charge is 0.365 e. The van der Waals surface area contributed by atoms with Crippen molar-refractivity contribution in [2.45, 2.75) is 27.7 Å². The maximum Gasteiger partial charge on any atom is 0.365 e. The highest BCUT2D eigenvalue weighted by Crippen LogP contribution is 2.52. The summed E-state index contributed by atoms with van der Waals surface area (Å²) in [5.74, 6) is -1.44. The first-order valence-corrected chi connectivity index (χ1v) is 11.4. The molecule has 31 heavy (non-hydrogen) atoms. The number of carbonyl (C=O) groups excluding carboxylic acids is 2. The van der Waals surface area contributed by atoms with Crippen LogP contribution in [-0.2, 0) is 23.2 Å². The molecule has 2 rings (SSSR count). The summed E-state index contributed by atoms with van der Waals surface area (Å²) in [4.78, 5) is 24.6. The molecular weight excluding hydrogens is 443 g/mol. The van der Waals surface area contributed by atoms with Gasteiger partial charge in [0.2, 0.25) is 0 Å². The summed E-state index contributed by atoms with van der Waals surface area (Å²) >= 11 is 6.14. The molecule has 0 saturated heterocycles. The van der Waals surface area contributed by atoms with Crippen molar-refractivity contribution in [3.63, 3.8) is 0 Å². The van der Waals surface area contributed by atoms with E-state index in [1.165, 1.54) is 26.0 Å². The first-order chi connectivity index (χ1) is 14.5. The van der Waals surface area contributed by atoms with Crippen LogP contribution >= 0.6 is 19.2 Å². The van der Waals surface area contributed by atoms with Crippen LogP contribution in [0, 0.1) is 0 Å². The summed E-state index contributed by atoms with van der Waals surface area (Å²) in [5.41, 5.74) is 0.292. The highest BCUT2D eigenvalue weighted by Gasteiger charge is 2.34. The maximum atomic E-state index is 13.6. The molecular formula is C22H24ClO7P. The number of ether oxygens (including phenoxy) is 2. The lowest BCUT2D eigenvalue weighted by Gasteiger charge is -2.22. The number of esters is 2. The standard InChI is InChI=1S/C22H24ClO7P/c1-7-27-31(26,28-8-2)19-12-18(29-21(24)13(3)4)17-11-15(23)9-10-16(17)20(19)30-22(25)14(5)6/h9-12H,3,5,7-8H2,1-2,4,6H3. The third-order valence-electron chi connectivity index (χ3n) is 3.98. The van der Waals surface area contributed by atoms with Crippen LogP contribution in [0.25, 0.3) is 10.8 Å². The van der Waals surface area contributed by atoms with Crippen LogP contribution in [-0.4, -0.2) is 25.2 Å². The van der Waals surface area contributed by atoms with Crippen molar-refractivity contribution in [3.8, 4) is 11.5 Å². The Balaban J connectivity index is 2.93. The number of hydrogen-bond acceptors (Lipinski definition) is 7. The van der Waals surface area contributed by atoms with Gasteiger partial charge in [-0.15, -0.1) is 0 Å². The molecule has 0 aliphatic rings. The molecule has 0 aliphatic heterocycles. The van der Waals surface area contributed by atoms with E-state index < -0.39 is 19.5 Å². The molecule has 0 heterocycles. The molecule has 0 saturated carbocycles. The van der Waals surface area contributed by atoms with Crippen molar-refractivity contribution >= 4 is 47.2 Å². The second kappa shape index (κ2) is 10.2. The fourth-order valence-corrected chi connectivity index (χ4v) is 4.50. The van der Waals surface area contributed by atoms with Crippen molar-refractivity contribution in [2.75, 3.05) is 13.2 Å². The average Bonchev–Trinajstić information content (AvgIpc) is 2.69. The maximum absolute atomic E-state index is 13.6. The van der Waals surface area contributed by atoms with Crippen molar-refractivity contribution in [2.24, 2.45) is 0 Å². The summed E-state index contributed by atoms with van der Waals surface area (Å²) < 4.78 is 35.5. The molecule has 0 aliphatic carbocycles. The van der Waals surface area contributed by atoms with Crippen molar-refractivity contribution in [3.05, 3.63) is 53.6 Å². The van der Waals surface area contributed by atoms with Gasteiger partial charge in [0.05, 0.1) is 13.2 Å². The van der Waals surface area contributed by atoms with E-state index in [0.717, 1.165) is 0 Å². The normalized spacial score (nSPS) is 11.3. The number of fused-ring (bicyclic) bond motifs is 1. The highest BCUT2D eigenvalue weighted by molar-refractivity contribution is 7.62. The van der Waals surface area contributed by atoms with Gasteiger partial charge in [-0.3, -0.25) is 4.57 Å². The Kier molecular flexibility index (Phi) is 8.21. The van der Waals surface area contributed by atoms with Crippen LogP contribution in [0.15, 0.2) is 48.6 Å². The number of benzene rings is 2. The van der Waals surface area contributed by atoms with Gasteiger partial charge in [0.15, 0.2) is 5.75 Å². The Morgan fingerprint density at radius 2 is 1.48 bits per heavy atom. The van der Waals surface area contributed by atoms with Crippen molar-refractivity contribution < 1.29 is 32.7 Å². The van der Waals surface area contributed by atoms with E-state index in [1.54, 1.807) is 26.0 Å². The third kappa shape index (κ3) is 5.63. The Labute approximate surface area is 186 Å². The molecule has 166 valence electrons. The summed E-state index contributed by atoms with van der Waals surface area (Å²) in [6.45, 7) is 13.5. The van der Waals surface area contributed by atoms with Gasteiger partial charge in [-0.1, -0.05) is 24.8 Å². The molecule has 9 heteroatoms. The number of halogens is 1. The minimum atomic E-state index is -3.96. The van der Waals surface area contributed by atoms with Gasteiger partial charge in [-0.2, -0.15) is 0 Å². The summed E-state index contributed by atoms with van der Waals surface area (Å²) in [6.07, 6.45) is 0. The number of hydrogen-bond donors (Lipinski definition) is 0. The molecule has 0 N–H and O–H groups in total. The minimum Gasteiger partial charge on any atom is -0.422 e. The lowest BCUT2D eigenvalue weighted by Crippen LogP contribution is -2.20. The fraction of sp³-hybridized carbons (Fsp3) is 0.273. The molecule has 7 nitrogen and oxygen atoms in total. The van der Waals surface area contributed by atoms with Crippen LogP contribution in [0.5, 0.6) is 11.5 Å². The molecule has 0 radical (unpaired) electrons. The van der Waals surface area contributed by atoms with E-state index in [-0.39, 0.29) is 41.2 Å². The second-order valence-corrected chi connectivity index (χ2v) is 9.02. The zero-order valence-electron chi connectivity index (χ0n) is 17.8. The largest absolute Gasteiger partial charge is 0.422 e. The molecule has 2 aromatic rings. The molecule has 0 bridgehead atoms. The number of rotatable bonds is 9. The first-order valence-electron chi connectivity index (χ1n) is 9.45. The van der Waals surface area contributed by atoms with Gasteiger partial charge in [0.1, 0.15) is 11.1 Å². The lowest BCUT2D eigenvalue weighted by molar-refractivity contribution is -0.131. The van der Waals surface area contributed by atoms with Gasteiger partial charge in [0.25, 0.3) is 0 Å². The molecule has 0 fully saturated rings. The summed E-state index contributed by atoms with van der Waals surface area (Å²) in [6, 6.07) is 5.95. The highest BCUT2D eigenvalue weighted by atomic mass is 35.5. The van der Waals surface area contributed by atoms with E-state index in [0.29, 0.717) is 15.8 Å². The lowest BCUT2D eigenvalue weighted by atomic mass is 10.1. The Morgan fingerprint density at radius 3 is 2.00 bits per heavy atom. The van der Waals surface area contributed by atoms with E-state index >= 15 is 0 Å². The summed E-state index contributed by atoms with van der Waals surface area (Å²) in [7, 11) is -3.96. The topological polar surface area (TPSA) is 88.1 Å². The van der Waals surface area contributed by atoms with Gasteiger partial charge in [-0.25, -0.2) is 9.59 Å². The molecule has 0 amide bonds.